The Morgan fingerprint density at radius 3 is 2.85 bits per heavy atom. The monoisotopic (exact) mass is 382 g/mol. The Hall–Kier alpha value is -2.44. The number of benzene rings is 2. The van der Waals surface area contributed by atoms with Gasteiger partial charge in [-0.15, -0.1) is 11.3 Å². The molecule has 0 spiro atoms. The average molecular weight is 382 g/mol. The van der Waals surface area contributed by atoms with Crippen molar-refractivity contribution in [2.45, 2.75) is 32.0 Å². The number of ether oxygens (including phenoxy) is 2. The number of hydrogen-bond acceptors (Lipinski definition) is 5. The van der Waals surface area contributed by atoms with E-state index < -0.39 is 0 Å². The normalized spacial score (nSPS) is 13.7. The van der Waals surface area contributed by atoms with Crippen LogP contribution in [0.15, 0.2) is 47.8 Å². The number of thiazole rings is 1. The number of hydrogen-bond donors (Lipinski definition) is 0. The summed E-state index contributed by atoms with van der Waals surface area (Å²) in [7, 11) is 1.55. The van der Waals surface area contributed by atoms with E-state index in [0.717, 1.165) is 40.1 Å². The van der Waals surface area contributed by atoms with Gasteiger partial charge >= 0.3 is 0 Å². The predicted octanol–water partition coefficient (Wildman–Crippen LogP) is 4.01. The van der Waals surface area contributed by atoms with Gasteiger partial charge in [0.15, 0.2) is 0 Å². The first-order valence-corrected chi connectivity index (χ1v) is 9.95. The molecule has 3 aromatic rings. The highest BCUT2D eigenvalue weighted by atomic mass is 32.1. The summed E-state index contributed by atoms with van der Waals surface area (Å²) in [6, 6.07) is 14.6. The second-order valence-corrected chi connectivity index (χ2v) is 7.63. The molecular weight excluding hydrogens is 360 g/mol. The van der Waals surface area contributed by atoms with Gasteiger partial charge < -0.3 is 14.4 Å². The van der Waals surface area contributed by atoms with Crippen LogP contribution in [0.1, 0.15) is 23.5 Å². The van der Waals surface area contributed by atoms with Crippen molar-refractivity contribution in [3.05, 3.63) is 58.5 Å². The van der Waals surface area contributed by atoms with E-state index in [0.29, 0.717) is 19.2 Å². The van der Waals surface area contributed by atoms with Crippen LogP contribution in [0.5, 0.6) is 5.75 Å². The van der Waals surface area contributed by atoms with Gasteiger partial charge in [0.05, 0.1) is 12.2 Å². The summed E-state index contributed by atoms with van der Waals surface area (Å²) >= 11 is 1.57. The highest BCUT2D eigenvalue weighted by molar-refractivity contribution is 7.09. The summed E-state index contributed by atoms with van der Waals surface area (Å²) in [6.07, 6.45) is 2.13. The molecule has 0 aliphatic heterocycles. The smallest absolute Gasteiger partial charge is 0.249 e. The number of amides is 1. The Morgan fingerprint density at radius 1 is 1.22 bits per heavy atom. The Kier molecular flexibility index (Phi) is 5.36. The van der Waals surface area contributed by atoms with Crippen LogP contribution >= 0.6 is 11.3 Å². The lowest BCUT2D eigenvalue weighted by Gasteiger charge is -2.20. The second-order valence-electron chi connectivity index (χ2n) is 6.68. The zero-order chi connectivity index (χ0) is 18.6. The molecule has 27 heavy (non-hydrogen) atoms. The number of methoxy groups -OCH3 is 1. The standard InChI is InChI=1S/C21H22N2O3S/c1-25-13-21(24)23(17-9-10-17)11-16-14-27-20(22-16)12-26-19-8-4-6-15-5-2-3-7-18(15)19/h2-8,14,17H,9-13H2,1H3. The van der Waals surface area contributed by atoms with E-state index in [-0.39, 0.29) is 12.5 Å². The molecule has 2 aromatic carbocycles. The number of carbonyl (C=O) groups excluding carboxylic acids is 1. The van der Waals surface area contributed by atoms with Gasteiger partial charge in [-0.1, -0.05) is 36.4 Å². The zero-order valence-electron chi connectivity index (χ0n) is 15.3. The van der Waals surface area contributed by atoms with Crippen molar-refractivity contribution in [1.82, 2.24) is 9.88 Å². The number of aromatic nitrogens is 1. The molecule has 1 amide bonds. The number of carbonyl (C=O) groups is 1. The first-order valence-electron chi connectivity index (χ1n) is 9.07. The molecule has 5 nitrogen and oxygen atoms in total. The van der Waals surface area contributed by atoms with E-state index >= 15 is 0 Å². The van der Waals surface area contributed by atoms with Crippen LogP contribution in [0.2, 0.25) is 0 Å². The van der Waals surface area contributed by atoms with E-state index in [9.17, 15) is 4.79 Å². The van der Waals surface area contributed by atoms with Crippen molar-refractivity contribution in [3.63, 3.8) is 0 Å². The summed E-state index contributed by atoms with van der Waals surface area (Å²) in [5.74, 6) is 0.890. The summed E-state index contributed by atoms with van der Waals surface area (Å²) < 4.78 is 11.0. The first-order chi connectivity index (χ1) is 13.2. The molecule has 0 unspecified atom stereocenters. The molecule has 0 saturated heterocycles. The van der Waals surface area contributed by atoms with Gasteiger partial charge in [0.25, 0.3) is 0 Å². The molecular formula is C21H22N2O3S. The van der Waals surface area contributed by atoms with Gasteiger partial charge in [0.1, 0.15) is 24.0 Å². The van der Waals surface area contributed by atoms with Crippen LogP contribution in [-0.2, 0) is 22.7 Å². The Balaban J connectivity index is 1.41. The van der Waals surface area contributed by atoms with Crippen molar-refractivity contribution in [1.29, 1.82) is 0 Å². The van der Waals surface area contributed by atoms with Gasteiger partial charge in [0.2, 0.25) is 5.91 Å². The molecule has 0 atom stereocenters. The highest BCUT2D eigenvalue weighted by Crippen LogP contribution is 2.29. The molecule has 0 radical (unpaired) electrons. The van der Waals surface area contributed by atoms with Crippen LogP contribution in [0.25, 0.3) is 10.8 Å². The quantitative estimate of drug-likeness (QED) is 0.591. The molecule has 4 rings (SSSR count). The molecule has 0 bridgehead atoms. The molecule has 0 N–H and O–H groups in total. The van der Waals surface area contributed by atoms with Gasteiger partial charge in [-0.25, -0.2) is 4.98 Å². The minimum absolute atomic E-state index is 0.0292. The van der Waals surface area contributed by atoms with Crippen LogP contribution in [0.3, 0.4) is 0 Å². The third-order valence-electron chi connectivity index (χ3n) is 4.61. The number of fused-ring (bicyclic) bond motifs is 1. The molecule has 1 aliphatic carbocycles. The van der Waals surface area contributed by atoms with Crippen LogP contribution < -0.4 is 4.74 Å². The van der Waals surface area contributed by atoms with E-state index in [1.165, 1.54) is 0 Å². The molecule has 1 aromatic heterocycles. The fraction of sp³-hybridized carbons (Fsp3) is 0.333. The lowest BCUT2D eigenvalue weighted by atomic mass is 10.1. The van der Waals surface area contributed by atoms with Crippen LogP contribution in [0.4, 0.5) is 0 Å². The van der Waals surface area contributed by atoms with Gasteiger partial charge in [0, 0.05) is 23.9 Å². The van der Waals surface area contributed by atoms with E-state index in [2.05, 4.69) is 23.2 Å². The average Bonchev–Trinajstić information content (AvgIpc) is 3.43. The molecule has 1 saturated carbocycles. The van der Waals surface area contributed by atoms with Crippen LogP contribution in [-0.4, -0.2) is 35.5 Å². The third-order valence-corrected chi connectivity index (χ3v) is 5.48. The maximum atomic E-state index is 12.2. The summed E-state index contributed by atoms with van der Waals surface area (Å²) in [4.78, 5) is 18.8. The number of nitrogens with zero attached hydrogens (tertiary/aromatic N) is 2. The Bertz CT molecular complexity index is 931. The van der Waals surface area contributed by atoms with E-state index in [1.54, 1.807) is 18.4 Å². The van der Waals surface area contributed by atoms with Crippen molar-refractivity contribution in [3.8, 4) is 5.75 Å². The van der Waals surface area contributed by atoms with Crippen LogP contribution in [0, 0.1) is 0 Å². The maximum absolute atomic E-state index is 12.2. The summed E-state index contributed by atoms with van der Waals surface area (Å²) in [6.45, 7) is 1.09. The lowest BCUT2D eigenvalue weighted by molar-refractivity contribution is -0.136. The molecule has 6 heteroatoms. The number of rotatable bonds is 8. The maximum Gasteiger partial charge on any atom is 0.249 e. The summed E-state index contributed by atoms with van der Waals surface area (Å²) in [5.41, 5.74) is 0.910. The fourth-order valence-electron chi connectivity index (χ4n) is 3.14. The first kappa shape index (κ1) is 17.9. The van der Waals surface area contributed by atoms with Crippen molar-refractivity contribution in [2.75, 3.05) is 13.7 Å². The lowest BCUT2D eigenvalue weighted by Crippen LogP contribution is -2.35. The fourth-order valence-corrected chi connectivity index (χ4v) is 3.83. The third kappa shape index (κ3) is 4.28. The van der Waals surface area contributed by atoms with Gasteiger partial charge in [-0.05, 0) is 24.3 Å². The van der Waals surface area contributed by atoms with E-state index in [4.69, 9.17) is 9.47 Å². The summed E-state index contributed by atoms with van der Waals surface area (Å²) in [5, 5.41) is 5.18. The SMILES string of the molecule is COCC(=O)N(Cc1csc(COc2cccc3ccccc23)n1)C1CC1. The minimum Gasteiger partial charge on any atom is -0.486 e. The van der Waals surface area contributed by atoms with Gasteiger partial charge in [-0.3, -0.25) is 4.79 Å². The molecule has 140 valence electrons. The zero-order valence-corrected chi connectivity index (χ0v) is 16.1. The van der Waals surface area contributed by atoms with Crippen molar-refractivity contribution in [2.24, 2.45) is 0 Å². The van der Waals surface area contributed by atoms with Crippen molar-refractivity contribution < 1.29 is 14.3 Å². The largest absolute Gasteiger partial charge is 0.486 e. The molecule has 1 aliphatic rings. The molecule has 1 heterocycles. The van der Waals surface area contributed by atoms with Gasteiger partial charge in [-0.2, -0.15) is 0 Å². The Morgan fingerprint density at radius 2 is 2.04 bits per heavy atom. The highest BCUT2D eigenvalue weighted by Gasteiger charge is 2.32. The minimum atomic E-state index is 0.0292. The van der Waals surface area contributed by atoms with Crippen molar-refractivity contribution >= 4 is 28.0 Å². The molecule has 1 fully saturated rings. The predicted molar refractivity (Wildman–Crippen MR) is 106 cm³/mol. The Labute approximate surface area is 162 Å². The van der Waals surface area contributed by atoms with E-state index in [1.807, 2.05) is 34.5 Å². The topological polar surface area (TPSA) is 51.7 Å². The second kappa shape index (κ2) is 8.06.